The van der Waals surface area contributed by atoms with Gasteiger partial charge in [0, 0.05) is 6.04 Å². The van der Waals surface area contributed by atoms with Gasteiger partial charge in [0.15, 0.2) is 8.32 Å². The highest BCUT2D eigenvalue weighted by molar-refractivity contribution is 6.74. The zero-order valence-electron chi connectivity index (χ0n) is 14.3. The molecule has 0 spiro atoms. The quantitative estimate of drug-likeness (QED) is 0.776. The van der Waals surface area contributed by atoms with E-state index < -0.39 is 8.32 Å². The molecule has 0 aliphatic heterocycles. The van der Waals surface area contributed by atoms with Gasteiger partial charge in [0.2, 0.25) is 0 Å². The van der Waals surface area contributed by atoms with Crippen molar-refractivity contribution in [3.63, 3.8) is 0 Å². The van der Waals surface area contributed by atoms with E-state index in [-0.39, 0.29) is 17.2 Å². The monoisotopic (exact) mass is 309 g/mol. The predicted molar refractivity (Wildman–Crippen MR) is 91.8 cm³/mol. The molecule has 0 heterocycles. The van der Waals surface area contributed by atoms with E-state index in [9.17, 15) is 0 Å². The van der Waals surface area contributed by atoms with Crippen LogP contribution in [0, 0.1) is 0 Å². The second-order valence-corrected chi connectivity index (χ2v) is 12.1. The van der Waals surface area contributed by atoms with Crippen LogP contribution in [-0.4, -0.2) is 27.1 Å². The van der Waals surface area contributed by atoms with Gasteiger partial charge in [0.25, 0.3) is 0 Å². The molecule has 4 heteroatoms. The Labute approximate surface area is 131 Å². The molecule has 3 nitrogen and oxygen atoms in total. The van der Waals surface area contributed by atoms with Crippen LogP contribution in [0.2, 0.25) is 18.1 Å². The lowest BCUT2D eigenvalue weighted by Crippen LogP contribution is -2.46. The summed E-state index contributed by atoms with van der Waals surface area (Å²) in [6.45, 7) is 14.4. The second kappa shape index (κ2) is 7.54. The SMILES string of the molecule is C[C@@H](N)[C@@H](CO[Si](C)(C)C(C)(C)C)OCc1ccccc1. The normalized spacial score (nSPS) is 15.8. The van der Waals surface area contributed by atoms with Crippen molar-refractivity contribution in [1.29, 1.82) is 0 Å². The van der Waals surface area contributed by atoms with Crippen LogP contribution in [0.25, 0.3) is 0 Å². The molecular formula is C17H31NO2Si. The molecule has 21 heavy (non-hydrogen) atoms. The molecular weight excluding hydrogens is 278 g/mol. The zero-order valence-corrected chi connectivity index (χ0v) is 15.3. The highest BCUT2D eigenvalue weighted by Crippen LogP contribution is 2.36. The summed E-state index contributed by atoms with van der Waals surface area (Å²) in [7, 11) is -1.76. The summed E-state index contributed by atoms with van der Waals surface area (Å²) in [6, 6.07) is 10.1. The highest BCUT2D eigenvalue weighted by atomic mass is 28.4. The van der Waals surface area contributed by atoms with E-state index in [2.05, 4.69) is 46.0 Å². The lowest BCUT2D eigenvalue weighted by Gasteiger charge is -2.37. The smallest absolute Gasteiger partial charge is 0.192 e. The Kier molecular flexibility index (Phi) is 6.59. The van der Waals surface area contributed by atoms with Gasteiger partial charge in [-0.25, -0.2) is 0 Å². The third-order valence-electron chi connectivity index (χ3n) is 4.31. The fraction of sp³-hybridized carbons (Fsp3) is 0.647. The zero-order chi connectivity index (χ0) is 16.1. The number of hydrogen-bond donors (Lipinski definition) is 1. The van der Waals surface area contributed by atoms with Crippen molar-refractivity contribution < 1.29 is 9.16 Å². The molecule has 0 radical (unpaired) electrons. The van der Waals surface area contributed by atoms with Crippen molar-refractivity contribution in [3.8, 4) is 0 Å². The fourth-order valence-corrected chi connectivity index (χ4v) is 2.65. The van der Waals surface area contributed by atoms with Crippen molar-refractivity contribution in [3.05, 3.63) is 35.9 Å². The van der Waals surface area contributed by atoms with Crippen molar-refractivity contribution in [2.75, 3.05) is 6.61 Å². The number of rotatable bonds is 7. The molecule has 0 fully saturated rings. The average Bonchev–Trinajstić information content (AvgIpc) is 2.38. The molecule has 2 atom stereocenters. The predicted octanol–water partition coefficient (Wildman–Crippen LogP) is 3.94. The standard InChI is InChI=1S/C17H31NO2Si/c1-14(18)16(13-20-21(5,6)17(2,3)4)19-12-15-10-8-7-9-11-15/h7-11,14,16H,12-13,18H2,1-6H3/t14-,16-/m1/s1. The van der Waals surface area contributed by atoms with Crippen LogP contribution < -0.4 is 5.73 Å². The summed E-state index contributed by atoms with van der Waals surface area (Å²) in [4.78, 5) is 0. The first-order valence-corrected chi connectivity index (χ1v) is 10.6. The molecule has 1 aromatic carbocycles. The van der Waals surface area contributed by atoms with Gasteiger partial charge >= 0.3 is 0 Å². The molecule has 0 aliphatic rings. The van der Waals surface area contributed by atoms with Gasteiger partial charge in [-0.15, -0.1) is 0 Å². The van der Waals surface area contributed by atoms with Crippen molar-refractivity contribution >= 4 is 8.32 Å². The summed E-state index contributed by atoms with van der Waals surface area (Å²) in [5, 5.41) is 0.203. The first-order valence-electron chi connectivity index (χ1n) is 7.68. The van der Waals surface area contributed by atoms with E-state index in [1.165, 1.54) is 0 Å². The topological polar surface area (TPSA) is 44.5 Å². The Balaban J connectivity index is 2.55. The van der Waals surface area contributed by atoms with Crippen LogP contribution in [0.15, 0.2) is 30.3 Å². The van der Waals surface area contributed by atoms with E-state index >= 15 is 0 Å². The number of nitrogens with two attached hydrogens (primary N) is 1. The average molecular weight is 310 g/mol. The van der Waals surface area contributed by atoms with Crippen LogP contribution >= 0.6 is 0 Å². The Morgan fingerprint density at radius 2 is 1.71 bits per heavy atom. The maximum absolute atomic E-state index is 6.24. The largest absolute Gasteiger partial charge is 0.414 e. The molecule has 0 unspecified atom stereocenters. The lowest BCUT2D eigenvalue weighted by atomic mass is 10.2. The van der Waals surface area contributed by atoms with Gasteiger partial charge < -0.3 is 14.9 Å². The minimum absolute atomic E-state index is 0.0431. The molecule has 1 rings (SSSR count). The second-order valence-electron chi connectivity index (χ2n) is 7.27. The maximum Gasteiger partial charge on any atom is 0.192 e. The highest BCUT2D eigenvalue weighted by Gasteiger charge is 2.37. The first-order chi connectivity index (χ1) is 9.63. The van der Waals surface area contributed by atoms with E-state index in [4.69, 9.17) is 14.9 Å². The van der Waals surface area contributed by atoms with Crippen LogP contribution in [0.1, 0.15) is 33.3 Å². The Hall–Kier alpha value is -0.683. The molecule has 0 amide bonds. The van der Waals surface area contributed by atoms with Gasteiger partial charge in [0.05, 0.1) is 19.3 Å². The maximum atomic E-state index is 6.24. The van der Waals surface area contributed by atoms with Crippen LogP contribution in [0.4, 0.5) is 0 Å². The lowest BCUT2D eigenvalue weighted by molar-refractivity contribution is -0.00564. The molecule has 0 saturated carbocycles. The van der Waals surface area contributed by atoms with Crippen LogP contribution in [0.5, 0.6) is 0 Å². The van der Waals surface area contributed by atoms with E-state index in [0.717, 1.165) is 5.56 Å². The minimum Gasteiger partial charge on any atom is -0.414 e. The van der Waals surface area contributed by atoms with E-state index in [1.807, 2.05) is 25.1 Å². The Bertz CT molecular complexity index is 413. The number of hydrogen-bond acceptors (Lipinski definition) is 3. The van der Waals surface area contributed by atoms with E-state index in [1.54, 1.807) is 0 Å². The van der Waals surface area contributed by atoms with Gasteiger partial charge in [0.1, 0.15) is 0 Å². The van der Waals surface area contributed by atoms with Crippen LogP contribution in [-0.2, 0) is 15.8 Å². The summed E-state index contributed by atoms with van der Waals surface area (Å²) in [5.74, 6) is 0. The van der Waals surface area contributed by atoms with E-state index in [0.29, 0.717) is 13.2 Å². The molecule has 0 saturated heterocycles. The molecule has 2 N–H and O–H groups in total. The number of benzene rings is 1. The van der Waals surface area contributed by atoms with Gasteiger partial charge in [-0.2, -0.15) is 0 Å². The third kappa shape index (κ3) is 5.91. The summed E-state index contributed by atoms with van der Waals surface area (Å²) in [6.07, 6.45) is -0.0701. The minimum atomic E-state index is -1.76. The molecule has 0 bridgehead atoms. The van der Waals surface area contributed by atoms with Crippen molar-refractivity contribution in [2.45, 2.75) is 64.6 Å². The Morgan fingerprint density at radius 1 is 1.14 bits per heavy atom. The van der Waals surface area contributed by atoms with Crippen molar-refractivity contribution in [1.82, 2.24) is 0 Å². The molecule has 1 aromatic rings. The van der Waals surface area contributed by atoms with Crippen LogP contribution in [0.3, 0.4) is 0 Å². The first kappa shape index (κ1) is 18.4. The summed E-state index contributed by atoms with van der Waals surface area (Å²) < 4.78 is 12.2. The van der Waals surface area contributed by atoms with Gasteiger partial charge in [-0.1, -0.05) is 51.1 Å². The fourth-order valence-electron chi connectivity index (χ4n) is 1.64. The molecule has 120 valence electrons. The van der Waals surface area contributed by atoms with Gasteiger partial charge in [-0.3, -0.25) is 0 Å². The summed E-state index contributed by atoms with van der Waals surface area (Å²) in [5.41, 5.74) is 7.21. The molecule has 0 aromatic heterocycles. The summed E-state index contributed by atoms with van der Waals surface area (Å²) >= 11 is 0. The van der Waals surface area contributed by atoms with Gasteiger partial charge in [-0.05, 0) is 30.6 Å². The Morgan fingerprint density at radius 3 is 2.19 bits per heavy atom. The third-order valence-corrected chi connectivity index (χ3v) is 8.81. The van der Waals surface area contributed by atoms with Crippen molar-refractivity contribution in [2.24, 2.45) is 5.73 Å². The molecule has 0 aliphatic carbocycles. The number of ether oxygens (including phenoxy) is 1.